The number of rotatable bonds is 2. The van der Waals surface area contributed by atoms with E-state index in [0.29, 0.717) is 12.0 Å². The number of hydrogen-bond acceptors (Lipinski definition) is 2. The molecule has 4 heteroatoms. The van der Waals surface area contributed by atoms with Crippen LogP contribution in [0.4, 0.5) is 4.39 Å². The zero-order valence-electron chi connectivity index (χ0n) is 12.4. The Morgan fingerprint density at radius 2 is 2.10 bits per heavy atom. The van der Waals surface area contributed by atoms with Crippen molar-refractivity contribution in [1.82, 2.24) is 4.90 Å². The molecule has 2 unspecified atom stereocenters. The van der Waals surface area contributed by atoms with Crippen LogP contribution in [-0.4, -0.2) is 22.9 Å². The van der Waals surface area contributed by atoms with Crippen molar-refractivity contribution in [3.8, 4) is 0 Å². The van der Waals surface area contributed by atoms with Gasteiger partial charge >= 0.3 is 0 Å². The minimum Gasteiger partial charge on any atom is -0.332 e. The van der Waals surface area contributed by atoms with Crippen LogP contribution in [0.2, 0.25) is 0 Å². The van der Waals surface area contributed by atoms with Crippen LogP contribution in [0.1, 0.15) is 50.3 Å². The molecule has 1 aliphatic rings. The number of carbonyl (C=O) groups excluding carboxylic acids is 1. The lowest BCUT2D eigenvalue weighted by molar-refractivity contribution is -0.135. The van der Waals surface area contributed by atoms with E-state index in [-0.39, 0.29) is 29.8 Å². The second kappa shape index (κ2) is 5.92. The van der Waals surface area contributed by atoms with E-state index in [9.17, 15) is 9.18 Å². The van der Waals surface area contributed by atoms with Gasteiger partial charge in [0.2, 0.25) is 5.91 Å². The maximum atomic E-state index is 14.2. The van der Waals surface area contributed by atoms with Gasteiger partial charge < -0.3 is 10.6 Å². The summed E-state index contributed by atoms with van der Waals surface area (Å²) >= 11 is 0. The number of nitrogens with two attached hydrogens (primary N) is 1. The number of amides is 1. The molecule has 0 radical (unpaired) electrons. The fraction of sp³-hybridized carbons (Fsp3) is 0.562. The van der Waals surface area contributed by atoms with Gasteiger partial charge in [-0.1, -0.05) is 17.7 Å². The quantitative estimate of drug-likeness (QED) is 0.904. The van der Waals surface area contributed by atoms with Crippen LogP contribution in [-0.2, 0) is 4.79 Å². The number of likely N-dealkylation sites (tertiary alicyclic amines) is 1. The number of nitrogens with zero attached hydrogens (tertiary/aromatic N) is 1. The molecule has 0 saturated carbocycles. The van der Waals surface area contributed by atoms with E-state index in [1.807, 2.05) is 26.8 Å². The lowest BCUT2D eigenvalue weighted by Crippen LogP contribution is -2.46. The Labute approximate surface area is 120 Å². The average Bonchev–Trinajstić information content (AvgIpc) is 2.51. The third-order valence-corrected chi connectivity index (χ3v) is 3.95. The minimum atomic E-state index is -0.370. The van der Waals surface area contributed by atoms with Crippen molar-refractivity contribution >= 4 is 5.91 Å². The molecular formula is C16H23FN2O. The SMILES string of the molecule is Cc1ccc(F)c(C2C(N)CCCC(=O)N2C(C)C)c1. The summed E-state index contributed by atoms with van der Waals surface area (Å²) in [5, 5.41) is 0. The molecule has 110 valence electrons. The summed E-state index contributed by atoms with van der Waals surface area (Å²) in [6.45, 7) is 5.83. The molecule has 2 atom stereocenters. The fourth-order valence-electron chi connectivity index (χ4n) is 3.02. The first-order valence-electron chi connectivity index (χ1n) is 7.24. The molecule has 0 bridgehead atoms. The normalized spacial score (nSPS) is 24.1. The maximum Gasteiger partial charge on any atom is 0.223 e. The van der Waals surface area contributed by atoms with Crippen molar-refractivity contribution in [2.75, 3.05) is 0 Å². The smallest absolute Gasteiger partial charge is 0.223 e. The van der Waals surface area contributed by atoms with Crippen LogP contribution in [0.15, 0.2) is 18.2 Å². The second-order valence-corrected chi connectivity index (χ2v) is 5.92. The third-order valence-electron chi connectivity index (χ3n) is 3.95. The highest BCUT2D eigenvalue weighted by atomic mass is 19.1. The summed E-state index contributed by atoms with van der Waals surface area (Å²) < 4.78 is 14.2. The molecular weight excluding hydrogens is 255 g/mol. The molecule has 0 aliphatic carbocycles. The van der Waals surface area contributed by atoms with Gasteiger partial charge in [0, 0.05) is 24.1 Å². The zero-order chi connectivity index (χ0) is 14.9. The van der Waals surface area contributed by atoms with Gasteiger partial charge in [0.05, 0.1) is 6.04 Å². The molecule has 0 aromatic heterocycles. The second-order valence-electron chi connectivity index (χ2n) is 5.92. The monoisotopic (exact) mass is 278 g/mol. The minimum absolute atomic E-state index is 0.0107. The van der Waals surface area contributed by atoms with Gasteiger partial charge in [0.1, 0.15) is 5.82 Å². The summed E-state index contributed by atoms with van der Waals surface area (Å²) in [5.41, 5.74) is 7.78. The van der Waals surface area contributed by atoms with Crippen molar-refractivity contribution in [2.24, 2.45) is 5.73 Å². The van der Waals surface area contributed by atoms with Gasteiger partial charge in [0.15, 0.2) is 0 Å². The molecule has 2 N–H and O–H groups in total. The number of benzene rings is 1. The highest BCUT2D eigenvalue weighted by Crippen LogP contribution is 2.33. The molecule has 20 heavy (non-hydrogen) atoms. The highest BCUT2D eigenvalue weighted by Gasteiger charge is 2.35. The average molecular weight is 278 g/mol. The molecule has 1 saturated heterocycles. The van der Waals surface area contributed by atoms with E-state index in [1.165, 1.54) is 6.07 Å². The Morgan fingerprint density at radius 1 is 1.40 bits per heavy atom. The first-order valence-corrected chi connectivity index (χ1v) is 7.24. The van der Waals surface area contributed by atoms with Gasteiger partial charge in [-0.05, 0) is 39.7 Å². The topological polar surface area (TPSA) is 46.3 Å². The number of aryl methyl sites for hydroxylation is 1. The van der Waals surface area contributed by atoms with Crippen LogP contribution in [0, 0.1) is 12.7 Å². The van der Waals surface area contributed by atoms with Gasteiger partial charge in [0.25, 0.3) is 0 Å². The Kier molecular flexibility index (Phi) is 4.43. The van der Waals surface area contributed by atoms with Crippen LogP contribution >= 0.6 is 0 Å². The van der Waals surface area contributed by atoms with E-state index in [4.69, 9.17) is 5.73 Å². The standard InChI is InChI=1S/C16H23FN2O/c1-10(2)19-15(20)6-4-5-14(18)16(19)12-9-11(3)7-8-13(12)17/h7-10,14,16H,4-6,18H2,1-3H3. The van der Waals surface area contributed by atoms with Gasteiger partial charge in [-0.2, -0.15) is 0 Å². The van der Waals surface area contributed by atoms with E-state index in [0.717, 1.165) is 18.4 Å². The molecule has 1 aromatic rings. The first kappa shape index (κ1) is 15.0. The van der Waals surface area contributed by atoms with E-state index in [2.05, 4.69) is 0 Å². The number of halogens is 1. The summed E-state index contributed by atoms with van der Waals surface area (Å²) in [5.74, 6) is -0.213. The van der Waals surface area contributed by atoms with Gasteiger partial charge in [-0.15, -0.1) is 0 Å². The van der Waals surface area contributed by atoms with Crippen molar-refractivity contribution < 1.29 is 9.18 Å². The van der Waals surface area contributed by atoms with Gasteiger partial charge in [-0.25, -0.2) is 4.39 Å². The lowest BCUT2D eigenvalue weighted by Gasteiger charge is -2.37. The van der Waals surface area contributed by atoms with E-state index in [1.54, 1.807) is 11.0 Å². The number of hydrogen-bond donors (Lipinski definition) is 1. The summed E-state index contributed by atoms with van der Waals surface area (Å²) in [6.07, 6.45) is 2.01. The van der Waals surface area contributed by atoms with E-state index >= 15 is 0 Å². The van der Waals surface area contributed by atoms with Crippen LogP contribution in [0.3, 0.4) is 0 Å². The Balaban J connectivity index is 2.51. The third kappa shape index (κ3) is 2.85. The molecule has 0 spiro atoms. The van der Waals surface area contributed by atoms with Crippen LogP contribution in [0.5, 0.6) is 0 Å². The molecule has 1 fully saturated rings. The van der Waals surface area contributed by atoms with Crippen LogP contribution in [0.25, 0.3) is 0 Å². The Bertz CT molecular complexity index is 501. The molecule has 1 amide bonds. The molecule has 1 heterocycles. The lowest BCUT2D eigenvalue weighted by atomic mass is 9.94. The van der Waals surface area contributed by atoms with Crippen molar-refractivity contribution in [2.45, 2.75) is 58.2 Å². The predicted octanol–water partition coefficient (Wildman–Crippen LogP) is 2.92. The Hall–Kier alpha value is -1.42. The Morgan fingerprint density at radius 3 is 2.75 bits per heavy atom. The largest absolute Gasteiger partial charge is 0.332 e. The van der Waals surface area contributed by atoms with Gasteiger partial charge in [-0.3, -0.25) is 4.79 Å². The maximum absolute atomic E-state index is 14.2. The van der Waals surface area contributed by atoms with E-state index < -0.39 is 0 Å². The van der Waals surface area contributed by atoms with Crippen molar-refractivity contribution in [3.05, 3.63) is 35.1 Å². The van der Waals surface area contributed by atoms with Crippen molar-refractivity contribution in [3.63, 3.8) is 0 Å². The molecule has 3 nitrogen and oxygen atoms in total. The highest BCUT2D eigenvalue weighted by molar-refractivity contribution is 5.77. The fourth-order valence-corrected chi connectivity index (χ4v) is 3.02. The van der Waals surface area contributed by atoms with Crippen molar-refractivity contribution in [1.29, 1.82) is 0 Å². The summed E-state index contributed by atoms with van der Waals surface area (Å²) in [7, 11) is 0. The predicted molar refractivity (Wildman–Crippen MR) is 77.7 cm³/mol. The molecule has 1 aromatic carbocycles. The molecule has 2 rings (SSSR count). The summed E-state index contributed by atoms with van der Waals surface area (Å²) in [4.78, 5) is 14.1. The molecule has 1 aliphatic heterocycles. The first-order chi connectivity index (χ1) is 9.41. The number of carbonyl (C=O) groups is 1. The zero-order valence-corrected chi connectivity index (χ0v) is 12.4. The summed E-state index contributed by atoms with van der Waals surface area (Å²) in [6, 6.07) is 4.43. The van der Waals surface area contributed by atoms with Crippen LogP contribution < -0.4 is 5.73 Å².